The van der Waals surface area contributed by atoms with E-state index in [-0.39, 0.29) is 18.2 Å². The zero-order chi connectivity index (χ0) is 19.9. The van der Waals surface area contributed by atoms with Crippen molar-refractivity contribution >= 4 is 5.91 Å². The van der Waals surface area contributed by atoms with Gasteiger partial charge in [-0.2, -0.15) is 0 Å². The first-order valence-corrected chi connectivity index (χ1v) is 10.6. The topological polar surface area (TPSA) is 50.8 Å². The van der Waals surface area contributed by atoms with Crippen LogP contribution in [0.2, 0.25) is 0 Å². The highest BCUT2D eigenvalue weighted by Crippen LogP contribution is 2.26. The molecule has 154 valence electrons. The molecular weight excluding hydrogens is 364 g/mol. The van der Waals surface area contributed by atoms with Crippen molar-refractivity contribution in [2.45, 2.75) is 31.6 Å². The number of nitrogens with one attached hydrogen (secondary N) is 1. The third-order valence-electron chi connectivity index (χ3n) is 5.89. The van der Waals surface area contributed by atoms with Crippen LogP contribution in [0.25, 0.3) is 0 Å². The molecule has 2 aromatic rings. The summed E-state index contributed by atoms with van der Waals surface area (Å²) in [4.78, 5) is 15.1. The van der Waals surface area contributed by atoms with E-state index in [1.54, 1.807) is 0 Å². The fraction of sp³-hybridized carbons (Fsp3) is 0.458. The second-order valence-corrected chi connectivity index (χ2v) is 7.86. The number of hydrogen-bond acceptors (Lipinski definition) is 4. The van der Waals surface area contributed by atoms with Crippen molar-refractivity contribution in [2.75, 3.05) is 32.8 Å². The van der Waals surface area contributed by atoms with Crippen LogP contribution in [0.15, 0.2) is 60.7 Å². The zero-order valence-electron chi connectivity index (χ0n) is 16.8. The minimum Gasteiger partial charge on any atom is -0.350 e. The van der Waals surface area contributed by atoms with Gasteiger partial charge in [-0.1, -0.05) is 60.7 Å². The van der Waals surface area contributed by atoms with Crippen LogP contribution < -0.4 is 5.32 Å². The Labute approximate surface area is 173 Å². The fourth-order valence-corrected chi connectivity index (χ4v) is 4.24. The molecule has 4 rings (SSSR count). The Balaban J connectivity index is 1.29. The Bertz CT molecular complexity index is 715. The molecule has 0 unspecified atom stereocenters. The van der Waals surface area contributed by atoms with Crippen LogP contribution in [0.4, 0.5) is 0 Å². The second kappa shape index (κ2) is 10.0. The van der Waals surface area contributed by atoms with Gasteiger partial charge in [0.25, 0.3) is 0 Å². The standard InChI is InChI=1S/C24H30N2O3/c27-22(13-16-26-14-11-21(12-15-26)24-28-17-18-29-24)25-23(19-7-3-1-4-8-19)20-9-5-2-6-10-20/h1-10,21,23-24H,11-18H2,(H,25,27). The lowest BCUT2D eigenvalue weighted by Crippen LogP contribution is -2.40. The number of likely N-dealkylation sites (tertiary alicyclic amines) is 1. The predicted octanol–water partition coefficient (Wildman–Crippen LogP) is 3.37. The number of carbonyl (C=O) groups is 1. The minimum atomic E-state index is -0.118. The van der Waals surface area contributed by atoms with E-state index in [9.17, 15) is 4.79 Å². The monoisotopic (exact) mass is 394 g/mol. The first-order chi connectivity index (χ1) is 14.3. The molecule has 0 aromatic heterocycles. The maximum atomic E-state index is 12.7. The molecule has 0 spiro atoms. The maximum Gasteiger partial charge on any atom is 0.222 e. The van der Waals surface area contributed by atoms with E-state index in [1.807, 2.05) is 36.4 Å². The van der Waals surface area contributed by atoms with E-state index in [2.05, 4.69) is 34.5 Å². The first kappa shape index (κ1) is 20.1. The van der Waals surface area contributed by atoms with E-state index < -0.39 is 0 Å². The van der Waals surface area contributed by atoms with Gasteiger partial charge in [0, 0.05) is 18.9 Å². The zero-order valence-corrected chi connectivity index (χ0v) is 16.8. The molecule has 2 aromatic carbocycles. The quantitative estimate of drug-likeness (QED) is 0.782. The van der Waals surface area contributed by atoms with E-state index >= 15 is 0 Å². The number of nitrogens with zero attached hydrogens (tertiary/aromatic N) is 1. The summed E-state index contributed by atoms with van der Waals surface area (Å²) in [5.41, 5.74) is 2.20. The number of amides is 1. The molecule has 2 heterocycles. The Kier molecular flexibility index (Phi) is 6.93. The number of benzene rings is 2. The van der Waals surface area contributed by atoms with Gasteiger partial charge in [0.2, 0.25) is 5.91 Å². The lowest BCUT2D eigenvalue weighted by molar-refractivity contribution is -0.122. The molecule has 5 heteroatoms. The normalized spacial score (nSPS) is 18.9. The molecule has 2 fully saturated rings. The largest absolute Gasteiger partial charge is 0.350 e. The lowest BCUT2D eigenvalue weighted by atomic mass is 9.96. The van der Waals surface area contributed by atoms with Gasteiger partial charge in [0.15, 0.2) is 6.29 Å². The molecule has 0 bridgehead atoms. The highest BCUT2D eigenvalue weighted by Gasteiger charge is 2.30. The third kappa shape index (κ3) is 5.44. The smallest absolute Gasteiger partial charge is 0.222 e. The molecule has 0 aliphatic carbocycles. The average molecular weight is 395 g/mol. The molecule has 2 aliphatic rings. The molecule has 5 nitrogen and oxygen atoms in total. The Morgan fingerprint density at radius 1 is 0.931 bits per heavy atom. The Morgan fingerprint density at radius 3 is 2.03 bits per heavy atom. The molecule has 1 amide bonds. The van der Waals surface area contributed by atoms with Crippen LogP contribution in [0, 0.1) is 5.92 Å². The summed E-state index contributed by atoms with van der Waals surface area (Å²) >= 11 is 0. The number of carbonyl (C=O) groups excluding carboxylic acids is 1. The van der Waals surface area contributed by atoms with Crippen molar-refractivity contribution in [2.24, 2.45) is 5.92 Å². The fourth-order valence-electron chi connectivity index (χ4n) is 4.24. The highest BCUT2D eigenvalue weighted by atomic mass is 16.7. The molecule has 0 radical (unpaired) electrons. The number of hydrogen-bond donors (Lipinski definition) is 1. The van der Waals surface area contributed by atoms with Gasteiger partial charge in [0.1, 0.15) is 0 Å². The molecule has 0 atom stereocenters. The number of piperidine rings is 1. The number of rotatable bonds is 7. The summed E-state index contributed by atoms with van der Waals surface area (Å²) in [5, 5.41) is 3.24. The summed E-state index contributed by atoms with van der Waals surface area (Å²) in [6.45, 7) is 4.23. The summed E-state index contributed by atoms with van der Waals surface area (Å²) < 4.78 is 11.3. The van der Waals surface area contributed by atoms with Crippen molar-refractivity contribution in [1.29, 1.82) is 0 Å². The van der Waals surface area contributed by atoms with Crippen LogP contribution in [0.1, 0.15) is 36.4 Å². The van der Waals surface area contributed by atoms with E-state index in [0.29, 0.717) is 12.3 Å². The average Bonchev–Trinajstić information content (AvgIpc) is 3.33. The Morgan fingerprint density at radius 2 is 1.48 bits per heavy atom. The molecule has 29 heavy (non-hydrogen) atoms. The summed E-state index contributed by atoms with van der Waals surface area (Å²) in [5.74, 6) is 0.579. The van der Waals surface area contributed by atoms with Crippen LogP contribution >= 0.6 is 0 Å². The van der Waals surface area contributed by atoms with Crippen LogP contribution in [-0.2, 0) is 14.3 Å². The second-order valence-electron chi connectivity index (χ2n) is 7.86. The molecule has 0 saturated carbocycles. The van der Waals surface area contributed by atoms with E-state index in [0.717, 1.165) is 56.8 Å². The van der Waals surface area contributed by atoms with Crippen LogP contribution in [-0.4, -0.2) is 49.9 Å². The molecule has 2 saturated heterocycles. The molecular formula is C24H30N2O3. The summed E-state index contributed by atoms with van der Waals surface area (Å²) in [7, 11) is 0. The minimum absolute atomic E-state index is 0.0158. The van der Waals surface area contributed by atoms with Crippen molar-refractivity contribution in [3.63, 3.8) is 0 Å². The van der Waals surface area contributed by atoms with E-state index in [4.69, 9.17) is 9.47 Å². The summed E-state index contributed by atoms with van der Waals surface area (Å²) in [6.07, 6.45) is 2.64. The number of ether oxygens (including phenoxy) is 2. The van der Waals surface area contributed by atoms with Crippen molar-refractivity contribution < 1.29 is 14.3 Å². The van der Waals surface area contributed by atoms with Crippen molar-refractivity contribution in [3.8, 4) is 0 Å². The van der Waals surface area contributed by atoms with Gasteiger partial charge < -0.3 is 19.7 Å². The van der Waals surface area contributed by atoms with Crippen LogP contribution in [0.3, 0.4) is 0 Å². The van der Waals surface area contributed by atoms with Gasteiger partial charge >= 0.3 is 0 Å². The van der Waals surface area contributed by atoms with E-state index in [1.165, 1.54) is 0 Å². The van der Waals surface area contributed by atoms with Gasteiger partial charge in [-0.3, -0.25) is 4.79 Å². The lowest BCUT2D eigenvalue weighted by Gasteiger charge is -2.33. The van der Waals surface area contributed by atoms with Gasteiger partial charge in [-0.25, -0.2) is 0 Å². The van der Waals surface area contributed by atoms with Crippen molar-refractivity contribution in [3.05, 3.63) is 71.8 Å². The Hall–Kier alpha value is -2.21. The van der Waals surface area contributed by atoms with Gasteiger partial charge in [0.05, 0.1) is 19.3 Å². The van der Waals surface area contributed by atoms with Gasteiger partial charge in [-0.05, 0) is 37.1 Å². The van der Waals surface area contributed by atoms with Gasteiger partial charge in [-0.15, -0.1) is 0 Å². The van der Waals surface area contributed by atoms with Crippen LogP contribution in [0.5, 0.6) is 0 Å². The first-order valence-electron chi connectivity index (χ1n) is 10.6. The molecule has 1 N–H and O–H groups in total. The van der Waals surface area contributed by atoms with Crippen molar-refractivity contribution in [1.82, 2.24) is 10.2 Å². The third-order valence-corrected chi connectivity index (χ3v) is 5.89. The maximum absolute atomic E-state index is 12.7. The SMILES string of the molecule is O=C(CCN1CCC(C2OCCO2)CC1)NC(c1ccccc1)c1ccccc1. The predicted molar refractivity (Wildman–Crippen MR) is 112 cm³/mol. The summed E-state index contributed by atoms with van der Waals surface area (Å²) in [6, 6.07) is 20.2. The molecule has 2 aliphatic heterocycles. The highest BCUT2D eigenvalue weighted by molar-refractivity contribution is 5.77.